The minimum atomic E-state index is -1.09. The van der Waals surface area contributed by atoms with Crippen molar-refractivity contribution in [2.45, 2.75) is 12.2 Å². The Morgan fingerprint density at radius 1 is 1.33 bits per heavy atom. The molecule has 9 heavy (non-hydrogen) atoms. The largest absolute Gasteiger partial charge is 0.394 e. The third-order valence-electron chi connectivity index (χ3n) is 0.969. The van der Waals surface area contributed by atoms with Gasteiger partial charge in [0.1, 0.15) is 12.2 Å². The van der Waals surface area contributed by atoms with Crippen LogP contribution in [0.2, 0.25) is 0 Å². The van der Waals surface area contributed by atoms with Crippen LogP contribution in [0.25, 0.3) is 0 Å². The third-order valence-corrected chi connectivity index (χ3v) is 0.969. The van der Waals surface area contributed by atoms with Crippen LogP contribution in [0.1, 0.15) is 0 Å². The summed E-state index contributed by atoms with van der Waals surface area (Å²) in [5, 5.41) is 25.7. The normalized spacial score (nSPS) is 17.3. The van der Waals surface area contributed by atoms with Gasteiger partial charge in [0.25, 0.3) is 0 Å². The highest BCUT2D eigenvalue weighted by atomic mass is 16.5. The van der Waals surface area contributed by atoms with Gasteiger partial charge in [0.2, 0.25) is 0 Å². The number of hydrogen-bond acceptors (Lipinski definition) is 4. The first kappa shape index (κ1) is 8.84. The molecule has 0 rings (SSSR count). The summed E-state index contributed by atoms with van der Waals surface area (Å²) in [5.74, 6) is 0. The van der Waals surface area contributed by atoms with E-state index in [1.54, 1.807) is 0 Å². The number of aliphatic hydroxyl groups excluding tert-OH is 3. The van der Waals surface area contributed by atoms with Crippen molar-refractivity contribution in [3.63, 3.8) is 0 Å². The molecule has 0 aliphatic rings. The Bertz CT molecular complexity index is 66.0. The van der Waals surface area contributed by atoms with Gasteiger partial charge in [0, 0.05) is 7.11 Å². The second-order valence-corrected chi connectivity index (χ2v) is 1.77. The summed E-state index contributed by atoms with van der Waals surface area (Å²) in [5.41, 5.74) is 0. The molecule has 0 bridgehead atoms. The highest BCUT2D eigenvalue weighted by Crippen LogP contribution is 1.91. The van der Waals surface area contributed by atoms with Gasteiger partial charge in [-0.3, -0.25) is 0 Å². The molecule has 0 heterocycles. The molecule has 3 N–H and O–H groups in total. The van der Waals surface area contributed by atoms with E-state index in [1.165, 1.54) is 7.11 Å². The summed E-state index contributed by atoms with van der Waals surface area (Å²) in [7, 11) is 1.41. The Labute approximate surface area is 53.7 Å². The Hall–Kier alpha value is -0.160. The molecule has 0 amide bonds. The predicted octanol–water partition coefficient (Wildman–Crippen LogP) is -1.65. The van der Waals surface area contributed by atoms with Crippen LogP contribution >= 0.6 is 0 Å². The smallest absolute Gasteiger partial charge is 0.105 e. The van der Waals surface area contributed by atoms with Crippen molar-refractivity contribution >= 4 is 0 Å². The zero-order chi connectivity index (χ0) is 7.28. The van der Waals surface area contributed by atoms with Gasteiger partial charge in [0.05, 0.1) is 13.2 Å². The lowest BCUT2D eigenvalue weighted by molar-refractivity contribution is -0.0477. The number of rotatable bonds is 4. The van der Waals surface area contributed by atoms with Crippen LogP contribution in [0.5, 0.6) is 0 Å². The molecule has 0 aliphatic heterocycles. The summed E-state index contributed by atoms with van der Waals surface area (Å²) in [4.78, 5) is 0. The second-order valence-electron chi connectivity index (χ2n) is 1.77. The average molecular weight is 136 g/mol. The topological polar surface area (TPSA) is 69.9 Å². The lowest BCUT2D eigenvalue weighted by Crippen LogP contribution is -2.32. The number of hydrogen-bond donors (Lipinski definition) is 3. The summed E-state index contributed by atoms with van der Waals surface area (Å²) in [6, 6.07) is 0. The first-order valence-electron chi connectivity index (χ1n) is 2.68. The first-order chi connectivity index (χ1) is 4.22. The maximum atomic E-state index is 8.78. The van der Waals surface area contributed by atoms with Gasteiger partial charge in [-0.1, -0.05) is 0 Å². The van der Waals surface area contributed by atoms with Crippen molar-refractivity contribution < 1.29 is 20.1 Å². The van der Waals surface area contributed by atoms with Gasteiger partial charge < -0.3 is 20.1 Å². The SMILES string of the molecule is COC[C@H](O)[C@H](O)CO. The quantitative estimate of drug-likeness (QED) is 0.433. The highest BCUT2D eigenvalue weighted by Gasteiger charge is 2.13. The Kier molecular flexibility index (Phi) is 4.61. The van der Waals surface area contributed by atoms with Crippen molar-refractivity contribution in [2.24, 2.45) is 0 Å². The lowest BCUT2D eigenvalue weighted by Gasteiger charge is -2.13. The van der Waals surface area contributed by atoms with Gasteiger partial charge in [0.15, 0.2) is 0 Å². The first-order valence-corrected chi connectivity index (χ1v) is 2.68. The van der Waals surface area contributed by atoms with Crippen molar-refractivity contribution in [2.75, 3.05) is 20.3 Å². The molecular formula is C5H12O4. The standard InChI is InChI=1S/C5H12O4/c1-9-3-5(8)4(7)2-6/h4-8H,2-3H2,1H3/t4-,5+/m1/s1. The fourth-order valence-electron chi connectivity index (χ4n) is 0.404. The minimum absolute atomic E-state index is 0.0434. The van der Waals surface area contributed by atoms with E-state index in [9.17, 15) is 0 Å². The molecule has 0 unspecified atom stereocenters. The summed E-state index contributed by atoms with van der Waals surface area (Å²) < 4.78 is 4.51. The Balaban J connectivity index is 3.32. The summed E-state index contributed by atoms with van der Waals surface area (Å²) in [6.07, 6.45) is -2.08. The molecule has 0 aromatic carbocycles. The molecule has 0 fully saturated rings. The number of ether oxygens (including phenoxy) is 1. The molecule has 4 heteroatoms. The highest BCUT2D eigenvalue weighted by molar-refractivity contribution is 4.63. The molecule has 0 saturated heterocycles. The Morgan fingerprint density at radius 3 is 2.22 bits per heavy atom. The van der Waals surface area contributed by atoms with Gasteiger partial charge in [-0.15, -0.1) is 0 Å². The van der Waals surface area contributed by atoms with Crippen LogP contribution in [0.3, 0.4) is 0 Å². The lowest BCUT2D eigenvalue weighted by atomic mass is 10.2. The average Bonchev–Trinajstić information content (AvgIpc) is 1.87. The van der Waals surface area contributed by atoms with Crippen LogP contribution in [0, 0.1) is 0 Å². The zero-order valence-electron chi connectivity index (χ0n) is 5.32. The van der Waals surface area contributed by atoms with Crippen molar-refractivity contribution in [1.82, 2.24) is 0 Å². The van der Waals surface area contributed by atoms with Gasteiger partial charge >= 0.3 is 0 Å². The maximum absolute atomic E-state index is 8.78. The molecule has 4 nitrogen and oxygen atoms in total. The number of aliphatic hydroxyl groups is 3. The second kappa shape index (κ2) is 4.69. The fourth-order valence-corrected chi connectivity index (χ4v) is 0.404. The molecule has 0 aliphatic carbocycles. The van der Waals surface area contributed by atoms with Crippen molar-refractivity contribution in [3.05, 3.63) is 0 Å². The van der Waals surface area contributed by atoms with E-state index >= 15 is 0 Å². The maximum Gasteiger partial charge on any atom is 0.105 e. The molecule has 56 valence electrons. The minimum Gasteiger partial charge on any atom is -0.394 e. The fraction of sp³-hybridized carbons (Fsp3) is 1.00. The van der Waals surface area contributed by atoms with Gasteiger partial charge in [-0.05, 0) is 0 Å². The van der Waals surface area contributed by atoms with Crippen LogP contribution in [-0.2, 0) is 4.74 Å². The molecule has 0 saturated carbocycles. The van der Waals surface area contributed by atoms with E-state index in [0.717, 1.165) is 0 Å². The van der Waals surface area contributed by atoms with E-state index in [1.807, 2.05) is 0 Å². The summed E-state index contributed by atoms with van der Waals surface area (Å²) in [6.45, 7) is -0.397. The van der Waals surface area contributed by atoms with Crippen LogP contribution < -0.4 is 0 Å². The van der Waals surface area contributed by atoms with E-state index in [0.29, 0.717) is 0 Å². The van der Waals surface area contributed by atoms with Crippen molar-refractivity contribution in [3.8, 4) is 0 Å². The van der Waals surface area contributed by atoms with Crippen LogP contribution in [0.15, 0.2) is 0 Å². The van der Waals surface area contributed by atoms with Gasteiger partial charge in [-0.25, -0.2) is 0 Å². The van der Waals surface area contributed by atoms with E-state index in [-0.39, 0.29) is 6.61 Å². The van der Waals surface area contributed by atoms with Gasteiger partial charge in [-0.2, -0.15) is 0 Å². The monoisotopic (exact) mass is 136 g/mol. The van der Waals surface area contributed by atoms with E-state index < -0.39 is 18.8 Å². The molecular weight excluding hydrogens is 124 g/mol. The van der Waals surface area contributed by atoms with Crippen molar-refractivity contribution in [1.29, 1.82) is 0 Å². The van der Waals surface area contributed by atoms with E-state index in [2.05, 4.69) is 4.74 Å². The van der Waals surface area contributed by atoms with Crippen LogP contribution in [-0.4, -0.2) is 47.9 Å². The number of methoxy groups -OCH3 is 1. The molecule has 2 atom stereocenters. The Morgan fingerprint density at radius 2 is 1.89 bits per heavy atom. The summed E-state index contributed by atoms with van der Waals surface area (Å²) >= 11 is 0. The molecule has 0 radical (unpaired) electrons. The third kappa shape index (κ3) is 3.42. The zero-order valence-corrected chi connectivity index (χ0v) is 5.32. The predicted molar refractivity (Wildman–Crippen MR) is 31.0 cm³/mol. The molecule has 0 aromatic heterocycles. The van der Waals surface area contributed by atoms with Crippen LogP contribution in [0.4, 0.5) is 0 Å². The van der Waals surface area contributed by atoms with E-state index in [4.69, 9.17) is 15.3 Å². The molecule has 0 spiro atoms. The molecule has 0 aromatic rings.